The molecule has 0 amide bonds. The average Bonchev–Trinajstić information content (AvgIpc) is 2.65. The van der Waals surface area contributed by atoms with Crippen molar-refractivity contribution in [3.05, 3.63) is 35.8 Å². The van der Waals surface area contributed by atoms with Gasteiger partial charge in [0.1, 0.15) is 0 Å². The van der Waals surface area contributed by atoms with Crippen LogP contribution in [0.15, 0.2) is 24.5 Å². The molecule has 0 radical (unpaired) electrons. The molecule has 0 spiro atoms. The van der Waals surface area contributed by atoms with Crippen LogP contribution in [0.3, 0.4) is 0 Å². The van der Waals surface area contributed by atoms with Crippen LogP contribution in [0.5, 0.6) is 0 Å². The van der Waals surface area contributed by atoms with E-state index in [1.807, 2.05) is 12.3 Å². The molecular formula is C12H19IN2O. The quantitative estimate of drug-likeness (QED) is 0.471. The molecule has 16 heavy (non-hydrogen) atoms. The summed E-state index contributed by atoms with van der Waals surface area (Å²) in [7, 11) is 0. The summed E-state index contributed by atoms with van der Waals surface area (Å²) in [4.78, 5) is 0. The maximum absolute atomic E-state index is 5.49. The number of ether oxygens (including phenoxy) is 1. The predicted octanol–water partition coefficient (Wildman–Crippen LogP) is 2.83. The highest BCUT2D eigenvalue weighted by atomic mass is 127. The van der Waals surface area contributed by atoms with Crippen molar-refractivity contribution in [1.29, 1.82) is 0 Å². The molecule has 0 fully saturated rings. The second kappa shape index (κ2) is 7.73. The minimum atomic E-state index is 0.664. The number of nitrogens with zero attached hydrogens (tertiary/aromatic N) is 1. The van der Waals surface area contributed by atoms with Crippen LogP contribution < -0.4 is 3.53 Å². The van der Waals surface area contributed by atoms with E-state index in [9.17, 15) is 0 Å². The molecule has 90 valence electrons. The summed E-state index contributed by atoms with van der Waals surface area (Å²) in [5.41, 5.74) is 2.71. The lowest BCUT2D eigenvalue weighted by Gasteiger charge is -2.05. The third kappa shape index (κ3) is 4.57. The predicted molar refractivity (Wildman–Crippen MR) is 75.7 cm³/mol. The second-order valence-corrected chi connectivity index (χ2v) is 4.25. The third-order valence-electron chi connectivity index (χ3n) is 2.45. The van der Waals surface area contributed by atoms with Crippen LogP contribution >= 0.6 is 22.9 Å². The lowest BCUT2D eigenvalue weighted by molar-refractivity contribution is 0.152. The zero-order chi connectivity index (χ0) is 11.8. The van der Waals surface area contributed by atoms with Crippen molar-refractivity contribution in [3.8, 4) is 0 Å². The van der Waals surface area contributed by atoms with Crippen molar-refractivity contribution < 1.29 is 4.74 Å². The maximum atomic E-state index is 5.49. The summed E-state index contributed by atoms with van der Waals surface area (Å²) in [6.07, 6.45) is 7.14. The Bertz CT molecular complexity index is 334. The van der Waals surface area contributed by atoms with Gasteiger partial charge in [0, 0.05) is 24.6 Å². The largest absolute Gasteiger partial charge is 0.375 e. The van der Waals surface area contributed by atoms with Gasteiger partial charge in [0.15, 0.2) is 0 Å². The van der Waals surface area contributed by atoms with Crippen LogP contribution in [0.2, 0.25) is 0 Å². The first-order chi connectivity index (χ1) is 7.77. The van der Waals surface area contributed by atoms with Gasteiger partial charge in [0.05, 0.1) is 36.1 Å². The Labute approximate surface area is 111 Å². The first-order valence-corrected chi connectivity index (χ1v) is 6.60. The second-order valence-electron chi connectivity index (χ2n) is 3.62. The van der Waals surface area contributed by atoms with Crippen molar-refractivity contribution in [3.63, 3.8) is 0 Å². The lowest BCUT2D eigenvalue weighted by atomic mass is 10.2. The molecule has 4 heteroatoms. The standard InChI is InChI=1S/C12H19IN2O/c1-3-12-9-11(2)15(10-12)6-8-16-7-4-5-14-13/h4-5,9-10,14H,3,6-8H2,1-2H3/b5-4+. The molecule has 0 atom stereocenters. The first-order valence-electron chi connectivity index (χ1n) is 5.52. The average molecular weight is 334 g/mol. The van der Waals surface area contributed by atoms with Crippen molar-refractivity contribution in [2.45, 2.75) is 26.8 Å². The van der Waals surface area contributed by atoms with E-state index in [0.717, 1.165) is 19.6 Å². The molecule has 1 rings (SSSR count). The van der Waals surface area contributed by atoms with Crippen molar-refractivity contribution >= 4 is 22.9 Å². The topological polar surface area (TPSA) is 26.2 Å². The lowest BCUT2D eigenvalue weighted by Crippen LogP contribution is -2.06. The fraction of sp³-hybridized carbons (Fsp3) is 0.500. The molecule has 1 N–H and O–H groups in total. The van der Waals surface area contributed by atoms with Gasteiger partial charge >= 0.3 is 0 Å². The van der Waals surface area contributed by atoms with Crippen LogP contribution in [0.1, 0.15) is 18.2 Å². The summed E-state index contributed by atoms with van der Waals surface area (Å²) in [6, 6.07) is 2.24. The number of hydrogen-bond donors (Lipinski definition) is 1. The summed E-state index contributed by atoms with van der Waals surface area (Å²) >= 11 is 2.07. The van der Waals surface area contributed by atoms with E-state index in [-0.39, 0.29) is 0 Å². The Morgan fingerprint density at radius 2 is 2.38 bits per heavy atom. The molecular weight excluding hydrogens is 315 g/mol. The highest BCUT2D eigenvalue weighted by molar-refractivity contribution is 14.1. The monoisotopic (exact) mass is 334 g/mol. The van der Waals surface area contributed by atoms with Gasteiger partial charge in [-0.25, -0.2) is 0 Å². The Hall–Kier alpha value is -0.490. The summed E-state index contributed by atoms with van der Waals surface area (Å²) < 4.78 is 10.6. The third-order valence-corrected chi connectivity index (χ3v) is 2.81. The Morgan fingerprint density at radius 1 is 1.56 bits per heavy atom. The summed E-state index contributed by atoms with van der Waals surface area (Å²) in [5.74, 6) is 0. The Morgan fingerprint density at radius 3 is 3.00 bits per heavy atom. The van der Waals surface area contributed by atoms with E-state index >= 15 is 0 Å². The molecule has 0 aromatic carbocycles. The van der Waals surface area contributed by atoms with E-state index in [2.05, 4.69) is 57.1 Å². The number of aromatic nitrogens is 1. The van der Waals surface area contributed by atoms with Crippen LogP contribution in [0.25, 0.3) is 0 Å². The summed E-state index contributed by atoms with van der Waals surface area (Å²) in [6.45, 7) is 6.66. The molecule has 0 unspecified atom stereocenters. The van der Waals surface area contributed by atoms with Crippen molar-refractivity contribution in [2.24, 2.45) is 0 Å². The Balaban J connectivity index is 2.26. The Kier molecular flexibility index (Phi) is 6.56. The van der Waals surface area contributed by atoms with E-state index < -0.39 is 0 Å². The van der Waals surface area contributed by atoms with Crippen molar-refractivity contribution in [2.75, 3.05) is 13.2 Å². The normalized spacial score (nSPS) is 11.2. The molecule has 1 aromatic heterocycles. The highest BCUT2D eigenvalue weighted by Crippen LogP contribution is 2.08. The minimum Gasteiger partial charge on any atom is -0.375 e. The van der Waals surface area contributed by atoms with Gasteiger partial charge in [-0.1, -0.05) is 6.92 Å². The molecule has 0 aliphatic rings. The number of hydrogen-bond acceptors (Lipinski definition) is 2. The molecule has 0 saturated carbocycles. The van der Waals surface area contributed by atoms with Gasteiger partial charge in [-0.15, -0.1) is 0 Å². The molecule has 0 aliphatic heterocycles. The fourth-order valence-corrected chi connectivity index (χ4v) is 1.79. The van der Waals surface area contributed by atoms with Crippen LogP contribution in [0.4, 0.5) is 0 Å². The molecule has 1 heterocycles. The SMILES string of the molecule is CCc1cc(C)n(CCOC/C=C/NI)c1. The zero-order valence-electron chi connectivity index (χ0n) is 9.87. The highest BCUT2D eigenvalue weighted by Gasteiger charge is 1.99. The van der Waals surface area contributed by atoms with E-state index in [4.69, 9.17) is 4.74 Å². The number of nitrogens with one attached hydrogen (secondary N) is 1. The first kappa shape index (κ1) is 13.6. The van der Waals surface area contributed by atoms with E-state index in [1.54, 1.807) is 0 Å². The zero-order valence-corrected chi connectivity index (χ0v) is 12.0. The van der Waals surface area contributed by atoms with Crippen LogP contribution in [-0.4, -0.2) is 17.8 Å². The number of aryl methyl sites for hydroxylation is 2. The van der Waals surface area contributed by atoms with E-state index in [1.165, 1.54) is 11.3 Å². The van der Waals surface area contributed by atoms with Gasteiger partial charge < -0.3 is 12.8 Å². The number of rotatable bonds is 7. The molecule has 1 aromatic rings. The smallest absolute Gasteiger partial charge is 0.0665 e. The summed E-state index contributed by atoms with van der Waals surface area (Å²) in [5, 5.41) is 0. The van der Waals surface area contributed by atoms with Gasteiger partial charge in [-0.2, -0.15) is 0 Å². The molecule has 0 saturated heterocycles. The van der Waals surface area contributed by atoms with Gasteiger partial charge in [0.2, 0.25) is 0 Å². The van der Waals surface area contributed by atoms with Crippen LogP contribution in [-0.2, 0) is 17.7 Å². The van der Waals surface area contributed by atoms with Crippen LogP contribution in [0, 0.1) is 6.92 Å². The van der Waals surface area contributed by atoms with Gasteiger partial charge in [-0.05, 0) is 31.1 Å². The maximum Gasteiger partial charge on any atom is 0.0665 e. The van der Waals surface area contributed by atoms with Gasteiger partial charge in [-0.3, -0.25) is 0 Å². The molecule has 3 nitrogen and oxygen atoms in total. The van der Waals surface area contributed by atoms with Crippen molar-refractivity contribution in [1.82, 2.24) is 8.10 Å². The fourth-order valence-electron chi connectivity index (χ4n) is 1.53. The van der Waals surface area contributed by atoms with E-state index in [0.29, 0.717) is 6.61 Å². The molecule has 0 aliphatic carbocycles. The molecule has 0 bridgehead atoms. The van der Waals surface area contributed by atoms with Gasteiger partial charge in [0.25, 0.3) is 0 Å². The number of halogens is 1. The minimum absolute atomic E-state index is 0.664.